The van der Waals surface area contributed by atoms with Gasteiger partial charge in [-0.25, -0.2) is 0 Å². The van der Waals surface area contributed by atoms with E-state index in [1.165, 1.54) is 6.42 Å². The summed E-state index contributed by atoms with van der Waals surface area (Å²) in [6, 6.07) is 6.50. The second-order valence-electron chi connectivity index (χ2n) is 5.52. The Hall–Kier alpha value is -0.580. The van der Waals surface area contributed by atoms with Crippen molar-refractivity contribution in [1.29, 1.82) is 0 Å². The lowest BCUT2D eigenvalue weighted by Gasteiger charge is -2.36. The van der Waals surface area contributed by atoms with Crippen LogP contribution in [0.2, 0.25) is 0 Å². The molecule has 2 unspecified atom stereocenters. The van der Waals surface area contributed by atoms with E-state index in [4.69, 9.17) is 5.73 Å². The number of benzene rings is 1. The summed E-state index contributed by atoms with van der Waals surface area (Å²) < 4.78 is 1.04. The zero-order valence-electron chi connectivity index (χ0n) is 11.6. The molecule has 0 radical (unpaired) electrons. The van der Waals surface area contributed by atoms with E-state index in [9.17, 15) is 5.11 Å². The van der Waals surface area contributed by atoms with Crippen LogP contribution in [0.4, 0.5) is 5.69 Å². The third-order valence-corrected chi connectivity index (χ3v) is 4.76. The maximum atomic E-state index is 10.1. The van der Waals surface area contributed by atoms with Crippen LogP contribution in [0.15, 0.2) is 22.7 Å². The zero-order chi connectivity index (χ0) is 14.0. The molecule has 3 atom stereocenters. The number of nitrogens with zero attached hydrogens (tertiary/aromatic N) is 1. The molecule has 1 aromatic rings. The molecule has 1 aromatic carbocycles. The minimum Gasteiger partial charge on any atom is -0.391 e. The maximum Gasteiger partial charge on any atom is 0.0743 e. The van der Waals surface area contributed by atoms with E-state index in [1.807, 2.05) is 6.92 Å². The fourth-order valence-corrected chi connectivity index (χ4v) is 3.57. The molecule has 1 saturated carbocycles. The largest absolute Gasteiger partial charge is 0.391 e. The van der Waals surface area contributed by atoms with Gasteiger partial charge >= 0.3 is 0 Å². The number of hydrogen-bond donors (Lipinski definition) is 2. The van der Waals surface area contributed by atoms with Crippen LogP contribution in [-0.2, 0) is 0 Å². The van der Waals surface area contributed by atoms with Crippen LogP contribution in [0, 0.1) is 0 Å². The van der Waals surface area contributed by atoms with Gasteiger partial charge in [-0.15, -0.1) is 0 Å². The van der Waals surface area contributed by atoms with E-state index in [0.717, 1.165) is 35.0 Å². The second kappa shape index (κ2) is 6.25. The van der Waals surface area contributed by atoms with E-state index in [0.29, 0.717) is 0 Å². The fraction of sp³-hybridized carbons (Fsp3) is 0.600. The van der Waals surface area contributed by atoms with Gasteiger partial charge in [-0.1, -0.05) is 34.8 Å². The third-order valence-electron chi connectivity index (χ3n) is 4.07. The van der Waals surface area contributed by atoms with Crippen molar-refractivity contribution in [1.82, 2.24) is 0 Å². The lowest BCUT2D eigenvalue weighted by Crippen LogP contribution is -2.43. The standard InChI is InChI=1S/C15H23BrN2O/c1-10(17)12-8-7-11(9-13(12)16)18(2)14-5-3-4-6-15(14)19/h7-10,14-15,19H,3-6,17H2,1-2H3/t10-,14?,15?/m0/s1. The first-order chi connectivity index (χ1) is 9.00. The number of likely N-dealkylation sites (N-methyl/N-ethyl adjacent to an activating group) is 1. The van der Waals surface area contributed by atoms with Crippen LogP contribution >= 0.6 is 15.9 Å². The van der Waals surface area contributed by atoms with Crippen LogP contribution in [-0.4, -0.2) is 24.3 Å². The summed E-state index contributed by atoms with van der Waals surface area (Å²) in [5.41, 5.74) is 8.16. The Labute approximate surface area is 123 Å². The predicted octanol–water partition coefficient (Wildman–Crippen LogP) is 3.21. The molecule has 0 spiro atoms. The number of aliphatic hydroxyl groups is 1. The van der Waals surface area contributed by atoms with Gasteiger partial charge in [-0.3, -0.25) is 0 Å². The molecule has 0 heterocycles. The predicted molar refractivity (Wildman–Crippen MR) is 83.4 cm³/mol. The summed E-state index contributed by atoms with van der Waals surface area (Å²) in [5, 5.41) is 10.1. The number of rotatable bonds is 3. The van der Waals surface area contributed by atoms with Gasteiger partial charge in [0.1, 0.15) is 0 Å². The molecule has 0 saturated heterocycles. The highest BCUT2D eigenvalue weighted by Gasteiger charge is 2.27. The number of nitrogens with two attached hydrogens (primary N) is 1. The highest BCUT2D eigenvalue weighted by molar-refractivity contribution is 9.10. The van der Waals surface area contributed by atoms with Crippen LogP contribution in [0.3, 0.4) is 0 Å². The highest BCUT2D eigenvalue weighted by atomic mass is 79.9. The van der Waals surface area contributed by atoms with Crippen LogP contribution in [0.1, 0.15) is 44.2 Å². The van der Waals surface area contributed by atoms with Crippen molar-refractivity contribution in [3.63, 3.8) is 0 Å². The second-order valence-corrected chi connectivity index (χ2v) is 6.38. The molecule has 0 bridgehead atoms. The smallest absolute Gasteiger partial charge is 0.0743 e. The Morgan fingerprint density at radius 1 is 1.37 bits per heavy atom. The molecule has 0 aromatic heterocycles. The number of hydrogen-bond acceptors (Lipinski definition) is 3. The quantitative estimate of drug-likeness (QED) is 0.896. The van der Waals surface area contributed by atoms with Gasteiger partial charge in [0.05, 0.1) is 12.1 Å². The Morgan fingerprint density at radius 2 is 2.05 bits per heavy atom. The summed E-state index contributed by atoms with van der Waals surface area (Å²) in [6.45, 7) is 1.98. The minimum absolute atomic E-state index is 0.0222. The van der Waals surface area contributed by atoms with Crippen molar-refractivity contribution < 1.29 is 5.11 Å². The topological polar surface area (TPSA) is 49.5 Å². The van der Waals surface area contributed by atoms with Crippen molar-refractivity contribution in [3.05, 3.63) is 28.2 Å². The molecular formula is C15H23BrN2O. The normalized spacial score (nSPS) is 25.1. The summed E-state index contributed by atoms with van der Waals surface area (Å²) in [7, 11) is 2.06. The molecule has 4 heteroatoms. The first kappa shape index (κ1) is 14.8. The van der Waals surface area contributed by atoms with E-state index in [-0.39, 0.29) is 18.2 Å². The molecule has 0 aliphatic heterocycles. The first-order valence-electron chi connectivity index (χ1n) is 6.96. The molecule has 2 rings (SSSR count). The summed E-state index contributed by atoms with van der Waals surface area (Å²) in [4.78, 5) is 2.19. The van der Waals surface area contributed by atoms with Gasteiger partial charge in [0, 0.05) is 23.2 Å². The SMILES string of the molecule is C[C@H](N)c1ccc(N(C)C2CCCCC2O)cc1Br. The van der Waals surface area contributed by atoms with Gasteiger partial charge in [0.25, 0.3) is 0 Å². The van der Waals surface area contributed by atoms with Gasteiger partial charge in [0.2, 0.25) is 0 Å². The molecule has 3 N–H and O–H groups in total. The van der Waals surface area contributed by atoms with Crippen molar-refractivity contribution in [2.24, 2.45) is 5.73 Å². The molecule has 106 valence electrons. The fourth-order valence-electron chi connectivity index (χ4n) is 2.84. The first-order valence-corrected chi connectivity index (χ1v) is 7.76. The lowest BCUT2D eigenvalue weighted by atomic mass is 9.91. The number of aliphatic hydroxyl groups excluding tert-OH is 1. The lowest BCUT2D eigenvalue weighted by molar-refractivity contribution is 0.106. The maximum absolute atomic E-state index is 10.1. The third kappa shape index (κ3) is 3.30. The van der Waals surface area contributed by atoms with E-state index >= 15 is 0 Å². The Morgan fingerprint density at radius 3 is 2.63 bits per heavy atom. The molecule has 3 nitrogen and oxygen atoms in total. The van der Waals surface area contributed by atoms with Gasteiger partial charge < -0.3 is 15.7 Å². The molecule has 1 aliphatic rings. The Kier molecular flexibility index (Phi) is 4.87. The van der Waals surface area contributed by atoms with Gasteiger partial charge in [0.15, 0.2) is 0 Å². The minimum atomic E-state index is -0.217. The summed E-state index contributed by atoms with van der Waals surface area (Å²) >= 11 is 3.59. The Bertz CT molecular complexity index is 436. The summed E-state index contributed by atoms with van der Waals surface area (Å²) in [6.07, 6.45) is 4.09. The van der Waals surface area contributed by atoms with Gasteiger partial charge in [-0.05, 0) is 37.5 Å². The van der Waals surface area contributed by atoms with Crippen molar-refractivity contribution in [3.8, 4) is 0 Å². The van der Waals surface area contributed by atoms with Crippen molar-refractivity contribution in [2.75, 3.05) is 11.9 Å². The van der Waals surface area contributed by atoms with E-state index in [1.54, 1.807) is 0 Å². The molecule has 1 fully saturated rings. The van der Waals surface area contributed by atoms with Crippen molar-refractivity contribution in [2.45, 2.75) is 50.8 Å². The average Bonchev–Trinajstić information content (AvgIpc) is 2.38. The van der Waals surface area contributed by atoms with Gasteiger partial charge in [-0.2, -0.15) is 0 Å². The van der Waals surface area contributed by atoms with Crippen LogP contribution in [0.5, 0.6) is 0 Å². The molecule has 0 amide bonds. The zero-order valence-corrected chi connectivity index (χ0v) is 13.2. The molecule has 19 heavy (non-hydrogen) atoms. The van der Waals surface area contributed by atoms with Crippen LogP contribution in [0.25, 0.3) is 0 Å². The van der Waals surface area contributed by atoms with Crippen LogP contribution < -0.4 is 10.6 Å². The number of anilines is 1. The summed E-state index contributed by atoms with van der Waals surface area (Å²) in [5.74, 6) is 0. The van der Waals surface area contributed by atoms with E-state index in [2.05, 4.69) is 46.1 Å². The van der Waals surface area contributed by atoms with E-state index < -0.39 is 0 Å². The van der Waals surface area contributed by atoms with Crippen molar-refractivity contribution >= 4 is 21.6 Å². The highest BCUT2D eigenvalue weighted by Crippen LogP contribution is 2.31. The monoisotopic (exact) mass is 326 g/mol. The molecular weight excluding hydrogens is 304 g/mol. The Balaban J connectivity index is 2.19. The average molecular weight is 327 g/mol. The number of halogens is 1. The molecule has 1 aliphatic carbocycles.